The molecule has 0 bridgehead atoms. The van der Waals surface area contributed by atoms with Gasteiger partial charge in [0.1, 0.15) is 0 Å². The fraction of sp³-hybridized carbons (Fsp3) is 0.913. The van der Waals surface area contributed by atoms with Gasteiger partial charge < -0.3 is 0 Å². The van der Waals surface area contributed by atoms with Crippen molar-refractivity contribution in [2.45, 2.75) is 135 Å². The normalized spacial score (nSPS) is 11.5. The van der Waals surface area contributed by atoms with E-state index in [0.29, 0.717) is 0 Å². The first-order chi connectivity index (χ1) is 11.9. The fourth-order valence-corrected chi connectivity index (χ4v) is 3.42. The van der Waals surface area contributed by atoms with Crippen LogP contribution in [0, 0.1) is 0 Å². The van der Waals surface area contributed by atoms with Crippen molar-refractivity contribution in [1.82, 2.24) is 5.73 Å². The minimum atomic E-state index is 1.04. The molecule has 0 heterocycles. The molecule has 142 valence electrons. The Labute approximate surface area is 153 Å². The molecule has 0 N–H and O–H groups in total. The molecule has 0 fully saturated rings. The van der Waals surface area contributed by atoms with E-state index >= 15 is 0 Å². The molecule has 1 heteroatoms. The Bertz CT molecular complexity index is 234. The highest BCUT2D eigenvalue weighted by Gasteiger charge is 1.95. The van der Waals surface area contributed by atoms with E-state index in [4.69, 9.17) is 5.73 Å². The maximum Gasteiger partial charge on any atom is 0.0455 e. The van der Waals surface area contributed by atoms with Crippen LogP contribution in [-0.2, 0) is 0 Å². The molecule has 0 aromatic carbocycles. The van der Waals surface area contributed by atoms with Crippen molar-refractivity contribution in [3.05, 3.63) is 12.3 Å². The van der Waals surface area contributed by atoms with Gasteiger partial charge >= 0.3 is 0 Å². The fourth-order valence-electron chi connectivity index (χ4n) is 3.42. The van der Waals surface area contributed by atoms with Crippen LogP contribution in [0.25, 0.3) is 0 Å². The highest BCUT2D eigenvalue weighted by molar-refractivity contribution is 4.74. The molecule has 0 aliphatic carbocycles. The van der Waals surface area contributed by atoms with Crippen LogP contribution >= 0.6 is 0 Å². The summed E-state index contributed by atoms with van der Waals surface area (Å²) >= 11 is 0. The third-order valence-corrected chi connectivity index (χ3v) is 5.08. The van der Waals surface area contributed by atoms with E-state index in [-0.39, 0.29) is 0 Å². The molecule has 0 aliphatic rings. The van der Waals surface area contributed by atoms with Crippen molar-refractivity contribution in [2.24, 2.45) is 0 Å². The molecule has 0 rings (SSSR count). The molecule has 0 aliphatic heterocycles. The van der Waals surface area contributed by atoms with E-state index in [0.717, 1.165) is 6.42 Å². The number of nitrogens with zero attached hydrogens (tertiary/aromatic N) is 1. The van der Waals surface area contributed by atoms with E-state index in [1.807, 2.05) is 6.08 Å². The predicted octanol–water partition coefficient (Wildman–Crippen LogP) is 8.39. The average molecular weight is 336 g/mol. The zero-order chi connectivity index (χ0) is 17.6. The lowest BCUT2D eigenvalue weighted by molar-refractivity contribution is 0.523. The molecule has 0 atom stereocenters. The van der Waals surface area contributed by atoms with Crippen LogP contribution in [0.4, 0.5) is 0 Å². The van der Waals surface area contributed by atoms with Crippen LogP contribution in [0.5, 0.6) is 0 Å². The number of allylic oxidation sites excluding steroid dienone is 1. The second-order valence-electron chi connectivity index (χ2n) is 7.54. The Hall–Kier alpha value is -0.460. The Morgan fingerprint density at radius 3 is 1.04 bits per heavy atom. The number of hydrogen-bond donors (Lipinski definition) is 0. The maximum absolute atomic E-state index is 8.54. The molecular weight excluding hydrogens is 290 g/mol. The second kappa shape index (κ2) is 22.5. The standard InChI is InChI=1S/C23H45N/c1-2-3-4-5-6-7-8-9-10-11-12-13-14-15-16-17-18-19-20-21-22-23-24/h22-23H,2-21H2,1H3. The van der Waals surface area contributed by atoms with E-state index in [2.05, 4.69) is 6.92 Å². The topological polar surface area (TPSA) is 22.3 Å². The second-order valence-corrected chi connectivity index (χ2v) is 7.54. The third kappa shape index (κ3) is 21.5. The molecule has 0 unspecified atom stereocenters. The van der Waals surface area contributed by atoms with Crippen LogP contribution in [0.15, 0.2) is 12.3 Å². The third-order valence-electron chi connectivity index (χ3n) is 5.08. The highest BCUT2D eigenvalue weighted by atomic mass is 14.5. The summed E-state index contributed by atoms with van der Waals surface area (Å²) in [6.07, 6.45) is 31.2. The molecular formula is C23H45N. The summed E-state index contributed by atoms with van der Waals surface area (Å²) in [5, 5.41) is 0. The van der Waals surface area contributed by atoms with Gasteiger partial charge in [-0.25, -0.2) is 0 Å². The average Bonchev–Trinajstić information content (AvgIpc) is 2.60. The zero-order valence-corrected chi connectivity index (χ0v) is 16.7. The molecule has 0 saturated heterocycles. The number of hydrogen-bond acceptors (Lipinski definition) is 0. The van der Waals surface area contributed by atoms with E-state index < -0.39 is 0 Å². The first-order valence-corrected chi connectivity index (χ1v) is 11.2. The minimum Gasteiger partial charge on any atom is -0.160 e. The van der Waals surface area contributed by atoms with Crippen LogP contribution in [0.1, 0.15) is 135 Å². The smallest absolute Gasteiger partial charge is 0.0455 e. The summed E-state index contributed by atoms with van der Waals surface area (Å²) in [6, 6.07) is 0. The van der Waals surface area contributed by atoms with Gasteiger partial charge in [-0.15, -0.1) is 0 Å². The predicted molar refractivity (Wildman–Crippen MR) is 109 cm³/mol. The molecule has 0 spiro atoms. The van der Waals surface area contributed by atoms with Gasteiger partial charge in [-0.2, -0.15) is 5.73 Å². The number of rotatable bonds is 20. The van der Waals surface area contributed by atoms with Crippen molar-refractivity contribution < 1.29 is 0 Å². The first kappa shape index (κ1) is 23.5. The van der Waals surface area contributed by atoms with Gasteiger partial charge in [0.05, 0.1) is 0 Å². The summed E-state index contributed by atoms with van der Waals surface area (Å²) in [5.41, 5.74) is 8.54. The molecule has 24 heavy (non-hydrogen) atoms. The molecule has 0 amide bonds. The summed E-state index contributed by atoms with van der Waals surface area (Å²) in [4.78, 5) is 0. The lowest BCUT2D eigenvalue weighted by Gasteiger charge is -2.03. The quantitative estimate of drug-likeness (QED) is 0.199. The van der Waals surface area contributed by atoms with Gasteiger partial charge in [-0.05, 0) is 12.8 Å². The van der Waals surface area contributed by atoms with Gasteiger partial charge in [0.2, 0.25) is 0 Å². The van der Waals surface area contributed by atoms with Crippen molar-refractivity contribution in [1.29, 1.82) is 0 Å². The maximum atomic E-state index is 8.54. The molecule has 0 saturated carbocycles. The Balaban J connectivity index is 2.95. The Kier molecular flexibility index (Phi) is 22.1. The largest absolute Gasteiger partial charge is 0.160 e. The Morgan fingerprint density at radius 1 is 0.458 bits per heavy atom. The van der Waals surface area contributed by atoms with Gasteiger partial charge in [0.15, 0.2) is 0 Å². The minimum absolute atomic E-state index is 1.04. The summed E-state index contributed by atoms with van der Waals surface area (Å²) in [7, 11) is 0. The zero-order valence-electron chi connectivity index (χ0n) is 16.7. The van der Waals surface area contributed by atoms with Crippen LogP contribution < -0.4 is 5.73 Å². The van der Waals surface area contributed by atoms with Gasteiger partial charge in [-0.3, -0.25) is 0 Å². The van der Waals surface area contributed by atoms with E-state index in [9.17, 15) is 0 Å². The SMILES string of the molecule is CCCCCCCCCCCCCCCCCCCCCC=C[N]. The highest BCUT2D eigenvalue weighted by Crippen LogP contribution is 2.14. The molecule has 0 aromatic rings. The van der Waals surface area contributed by atoms with Crippen molar-refractivity contribution in [3.63, 3.8) is 0 Å². The lowest BCUT2D eigenvalue weighted by atomic mass is 10.0. The summed E-state index contributed by atoms with van der Waals surface area (Å²) < 4.78 is 0. The van der Waals surface area contributed by atoms with Crippen LogP contribution in [-0.4, -0.2) is 0 Å². The van der Waals surface area contributed by atoms with Crippen molar-refractivity contribution in [2.75, 3.05) is 0 Å². The monoisotopic (exact) mass is 335 g/mol. The summed E-state index contributed by atoms with van der Waals surface area (Å²) in [5.74, 6) is 0. The molecule has 0 aromatic heterocycles. The van der Waals surface area contributed by atoms with Gasteiger partial charge in [-0.1, -0.05) is 129 Å². The van der Waals surface area contributed by atoms with Crippen molar-refractivity contribution in [3.8, 4) is 0 Å². The van der Waals surface area contributed by atoms with E-state index in [1.54, 1.807) is 0 Å². The van der Waals surface area contributed by atoms with Crippen molar-refractivity contribution >= 4 is 0 Å². The Morgan fingerprint density at radius 2 is 0.750 bits per heavy atom. The van der Waals surface area contributed by atoms with Gasteiger partial charge in [0.25, 0.3) is 0 Å². The first-order valence-electron chi connectivity index (χ1n) is 11.2. The van der Waals surface area contributed by atoms with Crippen LogP contribution in [0.2, 0.25) is 0 Å². The van der Waals surface area contributed by atoms with Gasteiger partial charge in [0, 0.05) is 6.20 Å². The summed E-state index contributed by atoms with van der Waals surface area (Å²) in [6.45, 7) is 2.29. The van der Waals surface area contributed by atoms with Crippen LogP contribution in [0.3, 0.4) is 0 Å². The lowest BCUT2D eigenvalue weighted by Crippen LogP contribution is -1.84. The molecule has 2 radical (unpaired) electrons. The molecule has 1 nitrogen and oxygen atoms in total. The number of unbranched alkanes of at least 4 members (excludes halogenated alkanes) is 19. The van der Waals surface area contributed by atoms with E-state index in [1.165, 1.54) is 128 Å².